The van der Waals surface area contributed by atoms with Crippen LogP contribution < -0.4 is 5.32 Å². The molecule has 2 heterocycles. The van der Waals surface area contributed by atoms with Gasteiger partial charge in [0.25, 0.3) is 5.91 Å². The number of nitrogens with zero attached hydrogens (tertiary/aromatic N) is 2. The number of rotatable bonds is 2. The van der Waals surface area contributed by atoms with Crippen molar-refractivity contribution in [3.8, 4) is 0 Å². The molecule has 0 aliphatic carbocycles. The molecule has 0 saturated carbocycles. The van der Waals surface area contributed by atoms with E-state index >= 15 is 0 Å². The molecule has 1 aromatic heterocycles. The Hall–Kier alpha value is -1.88. The summed E-state index contributed by atoms with van der Waals surface area (Å²) in [5, 5.41) is 7.97. The van der Waals surface area contributed by atoms with Gasteiger partial charge < -0.3 is 10.1 Å². The predicted octanol–water partition coefficient (Wildman–Crippen LogP) is 2.09. The molecule has 0 radical (unpaired) electrons. The lowest BCUT2D eigenvalue weighted by Crippen LogP contribution is -2.21. The molecule has 1 unspecified atom stereocenters. The minimum atomic E-state index is -0.161. The topological polar surface area (TPSA) is 56.2 Å². The summed E-state index contributed by atoms with van der Waals surface area (Å²) in [5.74, 6) is -0.161. The molecule has 1 atom stereocenters. The fourth-order valence-corrected chi connectivity index (χ4v) is 2.51. The monoisotopic (exact) mass is 259 g/mol. The fraction of sp³-hybridized carbons (Fsp3) is 0.429. The summed E-state index contributed by atoms with van der Waals surface area (Å²) in [6.45, 7) is 0.758. The molecule has 1 saturated heterocycles. The Morgan fingerprint density at radius 3 is 3.00 bits per heavy atom. The average molecular weight is 259 g/mol. The van der Waals surface area contributed by atoms with E-state index < -0.39 is 0 Å². The minimum Gasteiger partial charge on any atom is -0.356 e. The molecule has 1 N–H and O–H groups in total. The smallest absolute Gasteiger partial charge is 0.272 e. The Balaban J connectivity index is 2.11. The average Bonchev–Trinajstić information content (AvgIpc) is 2.87. The second kappa shape index (κ2) is 5.01. The largest absolute Gasteiger partial charge is 0.356 e. The Kier molecular flexibility index (Phi) is 3.21. The van der Waals surface area contributed by atoms with E-state index in [1.807, 2.05) is 28.9 Å². The van der Waals surface area contributed by atoms with Crippen LogP contribution in [0.1, 0.15) is 36.0 Å². The summed E-state index contributed by atoms with van der Waals surface area (Å²) in [4.78, 5) is 11.9. The van der Waals surface area contributed by atoms with E-state index in [1.165, 1.54) is 0 Å². The zero-order valence-corrected chi connectivity index (χ0v) is 10.9. The maximum atomic E-state index is 11.9. The van der Waals surface area contributed by atoms with E-state index in [4.69, 9.17) is 4.74 Å². The maximum absolute atomic E-state index is 11.9. The first kappa shape index (κ1) is 12.2. The van der Waals surface area contributed by atoms with Gasteiger partial charge in [0.1, 0.15) is 0 Å². The molecule has 5 nitrogen and oxygen atoms in total. The quantitative estimate of drug-likeness (QED) is 0.898. The molecular weight excluding hydrogens is 242 g/mol. The number of benzene rings is 1. The van der Waals surface area contributed by atoms with Crippen molar-refractivity contribution in [3.63, 3.8) is 0 Å². The standard InChI is InChI=1S/C14H17N3O2/c1-15-14(18)13-10-6-2-3-7-11(10)17(16-13)12-8-4-5-9-19-12/h2-3,6-7,12H,4-5,8-9H2,1H3,(H,15,18). The van der Waals surface area contributed by atoms with Crippen LogP contribution in [0.25, 0.3) is 10.9 Å². The van der Waals surface area contributed by atoms with Crippen LogP contribution in [0.5, 0.6) is 0 Å². The number of carbonyl (C=O) groups is 1. The first-order chi connectivity index (χ1) is 9.31. The van der Waals surface area contributed by atoms with Crippen LogP contribution in [0, 0.1) is 0 Å². The van der Waals surface area contributed by atoms with Crippen LogP contribution in [0.15, 0.2) is 24.3 Å². The second-order valence-corrected chi connectivity index (χ2v) is 4.71. The van der Waals surface area contributed by atoms with Gasteiger partial charge in [0, 0.05) is 19.0 Å². The van der Waals surface area contributed by atoms with Crippen molar-refractivity contribution < 1.29 is 9.53 Å². The van der Waals surface area contributed by atoms with Gasteiger partial charge in [-0.1, -0.05) is 18.2 Å². The van der Waals surface area contributed by atoms with E-state index in [-0.39, 0.29) is 12.1 Å². The summed E-state index contributed by atoms with van der Waals surface area (Å²) in [7, 11) is 1.62. The zero-order chi connectivity index (χ0) is 13.2. The molecule has 100 valence electrons. The van der Waals surface area contributed by atoms with Gasteiger partial charge in [0.15, 0.2) is 11.9 Å². The Morgan fingerprint density at radius 2 is 2.26 bits per heavy atom. The summed E-state index contributed by atoms with van der Waals surface area (Å²) in [6, 6.07) is 7.78. The molecule has 0 spiro atoms. The Morgan fingerprint density at radius 1 is 1.42 bits per heavy atom. The van der Waals surface area contributed by atoms with Gasteiger partial charge in [-0.15, -0.1) is 0 Å². The van der Waals surface area contributed by atoms with Gasteiger partial charge in [-0.3, -0.25) is 4.79 Å². The van der Waals surface area contributed by atoms with Crippen LogP contribution >= 0.6 is 0 Å². The summed E-state index contributed by atoms with van der Waals surface area (Å²) in [5.41, 5.74) is 1.42. The van der Waals surface area contributed by atoms with Crippen LogP contribution in [-0.2, 0) is 4.74 Å². The number of carbonyl (C=O) groups excluding carboxylic acids is 1. The number of aromatic nitrogens is 2. The van der Waals surface area contributed by atoms with Crippen molar-refractivity contribution in [2.75, 3.05) is 13.7 Å². The predicted molar refractivity (Wildman–Crippen MR) is 72.0 cm³/mol. The van der Waals surface area contributed by atoms with Crippen LogP contribution in [0.3, 0.4) is 0 Å². The molecule has 1 amide bonds. The molecular formula is C14H17N3O2. The molecule has 1 aromatic carbocycles. The molecule has 1 fully saturated rings. The van der Waals surface area contributed by atoms with E-state index in [0.717, 1.165) is 36.8 Å². The van der Waals surface area contributed by atoms with Crippen molar-refractivity contribution in [3.05, 3.63) is 30.0 Å². The van der Waals surface area contributed by atoms with Gasteiger partial charge in [0.2, 0.25) is 0 Å². The lowest BCUT2D eigenvalue weighted by atomic mass is 10.1. The van der Waals surface area contributed by atoms with Crippen molar-refractivity contribution in [1.29, 1.82) is 0 Å². The number of fused-ring (bicyclic) bond motifs is 1. The Bertz CT molecular complexity index is 600. The van der Waals surface area contributed by atoms with Gasteiger partial charge in [-0.25, -0.2) is 4.68 Å². The molecule has 2 aromatic rings. The number of para-hydroxylation sites is 1. The highest BCUT2D eigenvalue weighted by atomic mass is 16.5. The van der Waals surface area contributed by atoms with Crippen molar-refractivity contribution in [2.45, 2.75) is 25.5 Å². The van der Waals surface area contributed by atoms with E-state index in [1.54, 1.807) is 7.05 Å². The fourth-order valence-electron chi connectivity index (χ4n) is 2.51. The Labute approximate surface area is 111 Å². The van der Waals surface area contributed by atoms with Crippen molar-refractivity contribution in [2.24, 2.45) is 0 Å². The first-order valence-corrected chi connectivity index (χ1v) is 6.62. The van der Waals surface area contributed by atoms with E-state index in [9.17, 15) is 4.79 Å². The third-order valence-corrected chi connectivity index (χ3v) is 3.48. The molecule has 19 heavy (non-hydrogen) atoms. The van der Waals surface area contributed by atoms with Crippen LogP contribution in [0.4, 0.5) is 0 Å². The van der Waals surface area contributed by atoms with E-state index in [2.05, 4.69) is 10.4 Å². The highest BCUT2D eigenvalue weighted by Crippen LogP contribution is 2.27. The number of amides is 1. The number of hydrogen-bond acceptors (Lipinski definition) is 3. The first-order valence-electron chi connectivity index (χ1n) is 6.62. The number of ether oxygens (including phenoxy) is 1. The third-order valence-electron chi connectivity index (χ3n) is 3.48. The van der Waals surface area contributed by atoms with Gasteiger partial charge in [0.05, 0.1) is 5.52 Å². The normalized spacial score (nSPS) is 19.5. The zero-order valence-electron chi connectivity index (χ0n) is 10.9. The van der Waals surface area contributed by atoms with Crippen molar-refractivity contribution in [1.82, 2.24) is 15.1 Å². The van der Waals surface area contributed by atoms with Gasteiger partial charge in [-0.05, 0) is 25.3 Å². The summed E-state index contributed by atoms with van der Waals surface area (Å²) in [6.07, 6.45) is 3.11. The van der Waals surface area contributed by atoms with Crippen molar-refractivity contribution >= 4 is 16.8 Å². The highest BCUT2D eigenvalue weighted by molar-refractivity contribution is 6.04. The maximum Gasteiger partial charge on any atom is 0.272 e. The second-order valence-electron chi connectivity index (χ2n) is 4.71. The number of hydrogen-bond donors (Lipinski definition) is 1. The van der Waals surface area contributed by atoms with E-state index in [0.29, 0.717) is 5.69 Å². The molecule has 3 rings (SSSR count). The molecule has 5 heteroatoms. The molecule has 1 aliphatic heterocycles. The summed E-state index contributed by atoms with van der Waals surface area (Å²) < 4.78 is 7.61. The number of nitrogens with one attached hydrogen (secondary N) is 1. The molecule has 0 bridgehead atoms. The third kappa shape index (κ3) is 2.10. The van der Waals surface area contributed by atoms with Crippen LogP contribution in [-0.4, -0.2) is 29.3 Å². The summed E-state index contributed by atoms with van der Waals surface area (Å²) >= 11 is 0. The lowest BCUT2D eigenvalue weighted by Gasteiger charge is -2.23. The minimum absolute atomic E-state index is 0.0583. The van der Waals surface area contributed by atoms with Gasteiger partial charge in [-0.2, -0.15) is 5.10 Å². The molecule has 1 aliphatic rings. The highest BCUT2D eigenvalue weighted by Gasteiger charge is 2.22. The lowest BCUT2D eigenvalue weighted by molar-refractivity contribution is -0.0368. The van der Waals surface area contributed by atoms with Crippen LogP contribution in [0.2, 0.25) is 0 Å². The SMILES string of the molecule is CNC(=O)c1nn(C2CCCCO2)c2ccccc12. The van der Waals surface area contributed by atoms with Gasteiger partial charge >= 0.3 is 0 Å².